The van der Waals surface area contributed by atoms with Crippen LogP contribution in [0, 0.1) is 5.92 Å². The minimum atomic E-state index is -3.53. The van der Waals surface area contributed by atoms with Crippen LogP contribution in [0.15, 0.2) is 24.3 Å². The van der Waals surface area contributed by atoms with E-state index in [1.54, 1.807) is 0 Å². The lowest BCUT2D eigenvalue weighted by atomic mass is 10.0. The van der Waals surface area contributed by atoms with Crippen molar-refractivity contribution >= 4 is 16.0 Å². The molecule has 0 fully saturated rings. The first-order valence-electron chi connectivity index (χ1n) is 6.67. The van der Waals surface area contributed by atoms with Crippen molar-refractivity contribution in [3.63, 3.8) is 0 Å². The van der Waals surface area contributed by atoms with Crippen molar-refractivity contribution in [1.82, 2.24) is 4.72 Å². The van der Waals surface area contributed by atoms with Crippen LogP contribution in [0.3, 0.4) is 0 Å². The Morgan fingerprint density at radius 2 is 1.90 bits per heavy atom. The van der Waals surface area contributed by atoms with Gasteiger partial charge in [-0.15, -0.1) is 0 Å². The van der Waals surface area contributed by atoms with Gasteiger partial charge in [0.1, 0.15) is 6.04 Å². The SMILES string of the molecule is C[C@H](NS(=O)(=O)CCC1Cc2ccccc2C1)C(=O)O. The maximum absolute atomic E-state index is 11.8. The quantitative estimate of drug-likeness (QED) is 0.826. The molecule has 0 bridgehead atoms. The Morgan fingerprint density at radius 3 is 2.40 bits per heavy atom. The van der Waals surface area contributed by atoms with Crippen LogP contribution in [0.5, 0.6) is 0 Å². The lowest BCUT2D eigenvalue weighted by molar-refractivity contribution is -0.138. The number of carboxylic acid groups (broad SMARTS) is 1. The Morgan fingerprint density at radius 1 is 1.35 bits per heavy atom. The van der Waals surface area contributed by atoms with Gasteiger partial charge in [-0.1, -0.05) is 24.3 Å². The van der Waals surface area contributed by atoms with Gasteiger partial charge in [-0.05, 0) is 43.2 Å². The van der Waals surface area contributed by atoms with Crippen molar-refractivity contribution < 1.29 is 18.3 Å². The van der Waals surface area contributed by atoms with Gasteiger partial charge in [0, 0.05) is 0 Å². The van der Waals surface area contributed by atoms with E-state index in [9.17, 15) is 13.2 Å². The highest BCUT2D eigenvalue weighted by Crippen LogP contribution is 2.28. The zero-order chi connectivity index (χ0) is 14.8. The van der Waals surface area contributed by atoms with Crippen molar-refractivity contribution in [2.24, 2.45) is 5.92 Å². The molecule has 1 aromatic rings. The number of fused-ring (bicyclic) bond motifs is 1. The Bertz CT molecular complexity index is 572. The molecule has 0 amide bonds. The van der Waals surface area contributed by atoms with Crippen molar-refractivity contribution in [3.8, 4) is 0 Å². The molecule has 1 aliphatic rings. The number of aliphatic carboxylic acids is 1. The molecule has 0 aliphatic heterocycles. The van der Waals surface area contributed by atoms with E-state index in [-0.39, 0.29) is 5.75 Å². The molecule has 0 unspecified atom stereocenters. The molecular formula is C14H19NO4S. The predicted molar refractivity (Wildman–Crippen MR) is 76.0 cm³/mol. The first-order chi connectivity index (χ1) is 9.37. The van der Waals surface area contributed by atoms with E-state index < -0.39 is 22.0 Å². The summed E-state index contributed by atoms with van der Waals surface area (Å²) in [5.41, 5.74) is 2.59. The van der Waals surface area contributed by atoms with Gasteiger partial charge in [0.2, 0.25) is 10.0 Å². The molecule has 20 heavy (non-hydrogen) atoms. The first kappa shape index (κ1) is 15.0. The molecule has 0 saturated carbocycles. The molecule has 0 spiro atoms. The number of hydrogen-bond donors (Lipinski definition) is 2. The third-order valence-electron chi connectivity index (χ3n) is 3.66. The molecule has 5 nitrogen and oxygen atoms in total. The van der Waals surface area contributed by atoms with Crippen LogP contribution in [-0.4, -0.2) is 31.3 Å². The van der Waals surface area contributed by atoms with Crippen molar-refractivity contribution in [2.45, 2.75) is 32.2 Å². The van der Waals surface area contributed by atoms with Crippen LogP contribution in [0.2, 0.25) is 0 Å². The van der Waals surface area contributed by atoms with Gasteiger partial charge in [-0.2, -0.15) is 0 Å². The van der Waals surface area contributed by atoms with Gasteiger partial charge in [-0.3, -0.25) is 4.79 Å². The molecule has 2 rings (SSSR count). The summed E-state index contributed by atoms with van der Waals surface area (Å²) >= 11 is 0. The molecule has 1 aliphatic carbocycles. The van der Waals surface area contributed by atoms with Crippen LogP contribution >= 0.6 is 0 Å². The van der Waals surface area contributed by atoms with Gasteiger partial charge in [0.15, 0.2) is 0 Å². The van der Waals surface area contributed by atoms with Crippen LogP contribution in [0.1, 0.15) is 24.5 Å². The number of rotatable bonds is 6. The van der Waals surface area contributed by atoms with E-state index in [4.69, 9.17) is 5.11 Å². The smallest absolute Gasteiger partial charge is 0.321 e. The van der Waals surface area contributed by atoms with Crippen molar-refractivity contribution in [3.05, 3.63) is 35.4 Å². The Balaban J connectivity index is 1.86. The minimum Gasteiger partial charge on any atom is -0.480 e. The van der Waals surface area contributed by atoms with Crippen molar-refractivity contribution in [1.29, 1.82) is 0 Å². The number of hydrogen-bond acceptors (Lipinski definition) is 3. The molecule has 110 valence electrons. The monoisotopic (exact) mass is 297 g/mol. The zero-order valence-corrected chi connectivity index (χ0v) is 12.2. The second-order valence-corrected chi connectivity index (χ2v) is 7.20. The minimum absolute atomic E-state index is 0.0245. The molecule has 0 heterocycles. The average Bonchev–Trinajstić information content (AvgIpc) is 2.78. The zero-order valence-electron chi connectivity index (χ0n) is 11.4. The summed E-state index contributed by atoms with van der Waals surface area (Å²) in [6.07, 6.45) is 2.36. The van der Waals surface area contributed by atoms with E-state index in [1.807, 2.05) is 12.1 Å². The molecule has 0 aromatic heterocycles. The van der Waals surface area contributed by atoms with Crippen LogP contribution in [0.4, 0.5) is 0 Å². The highest BCUT2D eigenvalue weighted by atomic mass is 32.2. The fraction of sp³-hybridized carbons (Fsp3) is 0.500. The van der Waals surface area contributed by atoms with Gasteiger partial charge in [0.25, 0.3) is 0 Å². The molecular weight excluding hydrogens is 278 g/mol. The molecule has 6 heteroatoms. The summed E-state index contributed by atoms with van der Waals surface area (Å²) in [7, 11) is -3.53. The Labute approximate surface area is 119 Å². The largest absolute Gasteiger partial charge is 0.480 e. The number of nitrogens with one attached hydrogen (secondary N) is 1. The third-order valence-corrected chi connectivity index (χ3v) is 5.14. The molecule has 0 saturated heterocycles. The summed E-state index contributed by atoms with van der Waals surface area (Å²) in [5, 5.41) is 8.72. The van der Waals surface area contributed by atoms with Crippen molar-refractivity contribution in [2.75, 3.05) is 5.75 Å². The summed E-state index contributed by atoms with van der Waals surface area (Å²) in [6.45, 7) is 1.32. The lowest BCUT2D eigenvalue weighted by Crippen LogP contribution is -2.39. The number of benzene rings is 1. The topological polar surface area (TPSA) is 83.5 Å². The Kier molecular flexibility index (Phi) is 4.45. The summed E-state index contributed by atoms with van der Waals surface area (Å²) in [5.74, 6) is -0.866. The van der Waals surface area contributed by atoms with Crippen LogP contribution in [0.25, 0.3) is 0 Å². The predicted octanol–water partition coefficient (Wildman–Crippen LogP) is 1.18. The number of carbonyl (C=O) groups is 1. The van der Waals surface area contributed by atoms with E-state index in [0.29, 0.717) is 12.3 Å². The standard InChI is InChI=1S/C14H19NO4S/c1-10(14(16)17)15-20(18,19)7-6-11-8-12-4-2-3-5-13(12)9-11/h2-5,10-11,15H,6-9H2,1H3,(H,16,17)/t10-/m0/s1. The molecule has 1 atom stereocenters. The van der Waals surface area contributed by atoms with E-state index in [1.165, 1.54) is 18.1 Å². The maximum atomic E-state index is 11.8. The molecule has 0 radical (unpaired) electrons. The second kappa shape index (κ2) is 5.93. The van der Waals surface area contributed by atoms with E-state index >= 15 is 0 Å². The van der Waals surface area contributed by atoms with Gasteiger partial charge >= 0.3 is 5.97 Å². The fourth-order valence-electron chi connectivity index (χ4n) is 2.55. The molecule has 2 N–H and O–H groups in total. The summed E-state index contributed by atoms with van der Waals surface area (Å²) < 4.78 is 25.8. The summed E-state index contributed by atoms with van der Waals surface area (Å²) in [4.78, 5) is 10.7. The lowest BCUT2D eigenvalue weighted by Gasteiger charge is -2.12. The maximum Gasteiger partial charge on any atom is 0.321 e. The fourth-order valence-corrected chi connectivity index (χ4v) is 3.96. The number of carboxylic acids is 1. The van der Waals surface area contributed by atoms with Crippen LogP contribution in [-0.2, 0) is 27.7 Å². The normalized spacial score (nSPS) is 16.9. The second-order valence-electron chi connectivity index (χ2n) is 5.33. The highest BCUT2D eigenvalue weighted by Gasteiger charge is 2.24. The van der Waals surface area contributed by atoms with Crippen LogP contribution < -0.4 is 4.72 Å². The summed E-state index contributed by atoms with van der Waals surface area (Å²) in [6, 6.07) is 7.06. The molecule has 1 aromatic carbocycles. The van der Waals surface area contributed by atoms with E-state index in [0.717, 1.165) is 12.8 Å². The number of sulfonamides is 1. The first-order valence-corrected chi connectivity index (χ1v) is 8.32. The third kappa shape index (κ3) is 3.80. The van der Waals surface area contributed by atoms with Gasteiger partial charge in [0.05, 0.1) is 5.75 Å². The van der Waals surface area contributed by atoms with Gasteiger partial charge in [-0.25, -0.2) is 13.1 Å². The van der Waals surface area contributed by atoms with Gasteiger partial charge < -0.3 is 5.11 Å². The Hall–Kier alpha value is -1.40. The van der Waals surface area contributed by atoms with E-state index in [2.05, 4.69) is 16.9 Å². The highest BCUT2D eigenvalue weighted by molar-refractivity contribution is 7.89. The average molecular weight is 297 g/mol.